The number of fused-ring (bicyclic) bond motifs is 3. The number of piperazine rings is 1. The van der Waals surface area contributed by atoms with Gasteiger partial charge in [-0.3, -0.25) is 19.3 Å². The van der Waals surface area contributed by atoms with E-state index in [1.54, 1.807) is 27.8 Å². The van der Waals surface area contributed by atoms with Gasteiger partial charge in [0.05, 0.1) is 18.2 Å². The van der Waals surface area contributed by atoms with Crippen LogP contribution in [-0.2, 0) is 20.7 Å². The number of amides is 4. The smallest absolute Gasteiger partial charge is 0.408 e. The predicted octanol–water partition coefficient (Wildman–Crippen LogP) is 1.73. The fraction of sp³-hybridized carbons (Fsp3) is 0.621. The first kappa shape index (κ1) is 27.9. The van der Waals surface area contributed by atoms with Crippen LogP contribution in [0.15, 0.2) is 18.2 Å². The maximum atomic E-state index is 13.7. The number of benzene rings is 1. The summed E-state index contributed by atoms with van der Waals surface area (Å²) < 4.78 is 5.43. The van der Waals surface area contributed by atoms with Gasteiger partial charge in [0, 0.05) is 38.3 Å². The molecule has 1 aliphatic carbocycles. The van der Waals surface area contributed by atoms with Gasteiger partial charge in [-0.1, -0.05) is 6.07 Å². The summed E-state index contributed by atoms with van der Waals surface area (Å²) in [6.07, 6.45) is 2.93. The third-order valence-electron chi connectivity index (χ3n) is 8.42. The molecule has 0 radical (unpaired) electrons. The maximum absolute atomic E-state index is 13.7. The standard InChI is InChI=1S/C29H38N6O5/c1-29(2,3)40-28(39)32-22(26(37)34-11-5-6-19(34)14-30)16-33-15-20-13-24(33)27(38)35(20)23-10-8-17-12-18(25(36)31-4)7-9-21(17)23/h7,9,12,19-20,22-24H,5-6,8,10-11,13,15-16H2,1-4H3,(H,31,36)(H,32,39)/t19-,20+,22-,23-,24+/m0/s1. The molecule has 5 rings (SSSR count). The molecule has 3 aliphatic heterocycles. The van der Waals surface area contributed by atoms with Crippen molar-refractivity contribution in [3.63, 3.8) is 0 Å². The molecule has 3 fully saturated rings. The largest absolute Gasteiger partial charge is 0.444 e. The highest BCUT2D eigenvalue weighted by atomic mass is 16.6. The van der Waals surface area contributed by atoms with Gasteiger partial charge in [0.25, 0.3) is 5.91 Å². The van der Waals surface area contributed by atoms with Gasteiger partial charge in [0.1, 0.15) is 17.7 Å². The highest BCUT2D eigenvalue weighted by molar-refractivity contribution is 5.94. The first-order valence-corrected chi connectivity index (χ1v) is 14.1. The Morgan fingerprint density at radius 2 is 1.98 bits per heavy atom. The third kappa shape index (κ3) is 5.24. The van der Waals surface area contributed by atoms with E-state index in [1.807, 2.05) is 28.0 Å². The number of aryl methyl sites for hydroxylation is 1. The summed E-state index contributed by atoms with van der Waals surface area (Å²) in [4.78, 5) is 57.5. The van der Waals surface area contributed by atoms with E-state index in [2.05, 4.69) is 16.7 Å². The monoisotopic (exact) mass is 550 g/mol. The maximum Gasteiger partial charge on any atom is 0.408 e. The highest BCUT2D eigenvalue weighted by Crippen LogP contribution is 2.44. The zero-order valence-electron chi connectivity index (χ0n) is 23.6. The average molecular weight is 551 g/mol. The molecule has 3 saturated heterocycles. The van der Waals surface area contributed by atoms with Gasteiger partial charge >= 0.3 is 6.09 Å². The number of carbonyl (C=O) groups excluding carboxylic acids is 4. The van der Waals surface area contributed by atoms with Crippen molar-refractivity contribution in [2.45, 2.75) is 88.7 Å². The highest BCUT2D eigenvalue weighted by Gasteiger charge is 2.53. The molecule has 0 aromatic heterocycles. The van der Waals surface area contributed by atoms with Crippen molar-refractivity contribution in [3.05, 3.63) is 34.9 Å². The zero-order valence-corrected chi connectivity index (χ0v) is 23.6. The fourth-order valence-corrected chi connectivity index (χ4v) is 6.70. The van der Waals surface area contributed by atoms with Gasteiger partial charge in [0.15, 0.2) is 0 Å². The molecule has 1 aromatic rings. The minimum absolute atomic E-state index is 0.00277. The van der Waals surface area contributed by atoms with E-state index >= 15 is 0 Å². The Morgan fingerprint density at radius 1 is 1.20 bits per heavy atom. The van der Waals surface area contributed by atoms with E-state index in [1.165, 1.54) is 4.90 Å². The SMILES string of the molecule is CNC(=O)c1ccc2c(c1)CC[C@@H]2N1C(=O)[C@H]2C[C@@H]1CN2C[C@H](NC(=O)OC(C)(C)C)C(=O)N1CCC[C@H]1C#N. The average Bonchev–Trinajstić information content (AvgIpc) is 3.69. The molecule has 5 atom stereocenters. The summed E-state index contributed by atoms with van der Waals surface area (Å²) in [5.41, 5.74) is 2.08. The Morgan fingerprint density at radius 3 is 2.65 bits per heavy atom. The Labute approximate surface area is 234 Å². The van der Waals surface area contributed by atoms with E-state index in [4.69, 9.17) is 4.74 Å². The minimum Gasteiger partial charge on any atom is -0.444 e. The second kappa shape index (κ2) is 10.7. The van der Waals surface area contributed by atoms with Crippen LogP contribution in [0.25, 0.3) is 0 Å². The molecule has 11 heteroatoms. The molecule has 3 heterocycles. The first-order valence-electron chi connectivity index (χ1n) is 14.1. The molecular weight excluding hydrogens is 512 g/mol. The number of likely N-dealkylation sites (tertiary alicyclic amines) is 3. The second-order valence-electron chi connectivity index (χ2n) is 12.2. The number of nitrogens with one attached hydrogen (secondary N) is 2. The van der Waals surface area contributed by atoms with Crippen LogP contribution in [-0.4, -0.2) is 95.0 Å². The molecule has 4 aliphatic rings. The second-order valence-corrected chi connectivity index (χ2v) is 12.2. The lowest BCUT2D eigenvalue weighted by Gasteiger charge is -2.39. The molecule has 214 valence electrons. The summed E-state index contributed by atoms with van der Waals surface area (Å²) in [7, 11) is 1.61. The van der Waals surface area contributed by atoms with E-state index < -0.39 is 23.8 Å². The number of hydrogen-bond acceptors (Lipinski definition) is 7. The van der Waals surface area contributed by atoms with Gasteiger partial charge in [-0.05, 0) is 76.1 Å². The van der Waals surface area contributed by atoms with Gasteiger partial charge in [-0.15, -0.1) is 0 Å². The number of nitriles is 1. The lowest BCUT2D eigenvalue weighted by molar-refractivity contribution is -0.141. The normalized spacial score (nSPS) is 26.4. The Balaban J connectivity index is 1.30. The molecule has 0 spiro atoms. The van der Waals surface area contributed by atoms with Crippen LogP contribution in [0.2, 0.25) is 0 Å². The number of hydrogen-bond donors (Lipinski definition) is 2. The predicted molar refractivity (Wildman–Crippen MR) is 145 cm³/mol. The Kier molecular flexibility index (Phi) is 7.48. The van der Waals surface area contributed by atoms with Crippen LogP contribution < -0.4 is 10.6 Å². The van der Waals surface area contributed by atoms with Gasteiger partial charge < -0.3 is 25.2 Å². The number of nitrogens with zero attached hydrogens (tertiary/aromatic N) is 4. The molecule has 2 bridgehead atoms. The Bertz CT molecular complexity index is 1250. The minimum atomic E-state index is -0.931. The zero-order chi connectivity index (χ0) is 28.8. The number of alkyl carbamates (subject to hydrolysis) is 1. The molecule has 0 saturated carbocycles. The van der Waals surface area contributed by atoms with E-state index in [-0.39, 0.29) is 42.4 Å². The van der Waals surface area contributed by atoms with Crippen molar-refractivity contribution in [1.29, 1.82) is 5.26 Å². The molecular formula is C29H38N6O5. The van der Waals surface area contributed by atoms with E-state index in [9.17, 15) is 24.4 Å². The summed E-state index contributed by atoms with van der Waals surface area (Å²) in [6, 6.07) is 6.04. The molecule has 4 amide bonds. The Hall–Kier alpha value is -3.65. The summed E-state index contributed by atoms with van der Waals surface area (Å²) in [6.45, 7) is 6.49. The van der Waals surface area contributed by atoms with Crippen molar-refractivity contribution in [2.24, 2.45) is 0 Å². The molecule has 1 aromatic carbocycles. The topological polar surface area (TPSA) is 135 Å². The van der Waals surface area contributed by atoms with Crippen LogP contribution in [0.3, 0.4) is 0 Å². The van der Waals surface area contributed by atoms with Crippen molar-refractivity contribution in [1.82, 2.24) is 25.3 Å². The van der Waals surface area contributed by atoms with Crippen LogP contribution >= 0.6 is 0 Å². The number of ether oxygens (including phenoxy) is 1. The van der Waals surface area contributed by atoms with Gasteiger partial charge in [0.2, 0.25) is 11.8 Å². The fourth-order valence-electron chi connectivity index (χ4n) is 6.70. The van der Waals surface area contributed by atoms with Crippen LogP contribution in [0, 0.1) is 11.3 Å². The molecule has 2 N–H and O–H groups in total. The lowest BCUT2D eigenvalue weighted by Crippen LogP contribution is -2.59. The van der Waals surface area contributed by atoms with Crippen molar-refractivity contribution >= 4 is 23.8 Å². The summed E-state index contributed by atoms with van der Waals surface area (Å²) in [5, 5.41) is 14.9. The first-order chi connectivity index (χ1) is 19.0. The van der Waals surface area contributed by atoms with Crippen molar-refractivity contribution in [2.75, 3.05) is 26.7 Å². The summed E-state index contributed by atoms with van der Waals surface area (Å²) in [5.74, 6) is -0.417. The van der Waals surface area contributed by atoms with Gasteiger partial charge in [-0.2, -0.15) is 5.26 Å². The molecule has 11 nitrogen and oxygen atoms in total. The van der Waals surface area contributed by atoms with Crippen LogP contribution in [0.4, 0.5) is 4.79 Å². The summed E-state index contributed by atoms with van der Waals surface area (Å²) >= 11 is 0. The molecule has 0 unspecified atom stereocenters. The van der Waals surface area contributed by atoms with Crippen LogP contribution in [0.1, 0.15) is 74.0 Å². The van der Waals surface area contributed by atoms with Crippen molar-refractivity contribution < 1.29 is 23.9 Å². The van der Waals surface area contributed by atoms with E-state index in [0.29, 0.717) is 31.5 Å². The third-order valence-corrected chi connectivity index (χ3v) is 8.42. The van der Waals surface area contributed by atoms with Gasteiger partial charge in [-0.25, -0.2) is 4.79 Å². The van der Waals surface area contributed by atoms with Crippen LogP contribution in [0.5, 0.6) is 0 Å². The number of rotatable bonds is 6. The quantitative estimate of drug-likeness (QED) is 0.551. The molecule has 40 heavy (non-hydrogen) atoms. The lowest BCUT2D eigenvalue weighted by atomic mass is 10.0. The van der Waals surface area contributed by atoms with E-state index in [0.717, 1.165) is 30.4 Å². The number of carbonyl (C=O) groups is 4. The van der Waals surface area contributed by atoms with Crippen molar-refractivity contribution in [3.8, 4) is 6.07 Å².